The van der Waals surface area contributed by atoms with Crippen LogP contribution in [-0.2, 0) is 6.54 Å². The second-order valence-corrected chi connectivity index (χ2v) is 7.21. The number of anilines is 1. The highest BCUT2D eigenvalue weighted by Crippen LogP contribution is 2.19. The number of benzene rings is 1. The lowest BCUT2D eigenvalue weighted by atomic mass is 10.1. The van der Waals surface area contributed by atoms with E-state index in [1.807, 2.05) is 31.3 Å². The zero-order valence-electron chi connectivity index (χ0n) is 17.3. The molecule has 3 aromatic rings. The van der Waals surface area contributed by atoms with Gasteiger partial charge in [-0.25, -0.2) is 0 Å². The Morgan fingerprint density at radius 2 is 1.83 bits per heavy atom. The topological polar surface area (TPSA) is 90.1 Å². The highest BCUT2D eigenvalue weighted by molar-refractivity contribution is 6.04. The van der Waals surface area contributed by atoms with E-state index in [0.29, 0.717) is 5.56 Å². The summed E-state index contributed by atoms with van der Waals surface area (Å²) in [6.45, 7) is 2.81. The highest BCUT2D eigenvalue weighted by Gasteiger charge is 2.10. The van der Waals surface area contributed by atoms with E-state index < -0.39 is 0 Å². The van der Waals surface area contributed by atoms with Crippen LogP contribution in [0.25, 0.3) is 11.1 Å². The van der Waals surface area contributed by atoms with Gasteiger partial charge in [0.2, 0.25) is 0 Å². The molecule has 0 aliphatic carbocycles. The number of aromatic nitrogens is 2. The number of nitrogens with one attached hydrogen (secondary N) is 3. The fraction of sp³-hybridized carbons (Fsp3) is 0.261. The van der Waals surface area contributed by atoms with Crippen molar-refractivity contribution in [2.24, 2.45) is 0 Å². The van der Waals surface area contributed by atoms with E-state index in [2.05, 4.69) is 32.5 Å². The normalized spacial score (nSPS) is 10.9. The van der Waals surface area contributed by atoms with E-state index in [0.717, 1.165) is 42.7 Å². The van der Waals surface area contributed by atoms with E-state index in [4.69, 9.17) is 0 Å². The molecule has 7 heteroatoms. The van der Waals surface area contributed by atoms with Gasteiger partial charge in [-0.05, 0) is 75.1 Å². The Bertz CT molecular complexity index is 1020. The van der Waals surface area contributed by atoms with E-state index >= 15 is 0 Å². The molecule has 0 fully saturated rings. The van der Waals surface area contributed by atoms with E-state index in [1.165, 1.54) is 0 Å². The summed E-state index contributed by atoms with van der Waals surface area (Å²) in [5, 5.41) is 5.86. The van der Waals surface area contributed by atoms with Crippen LogP contribution in [-0.4, -0.2) is 48.0 Å². The fourth-order valence-electron chi connectivity index (χ4n) is 3.16. The van der Waals surface area contributed by atoms with Crippen LogP contribution in [0.4, 0.5) is 5.69 Å². The standard InChI is InChI=1S/C23H27N5O2/c1-24-10-3-13-28(2)16-17-4-6-19(7-5-17)22(29)27-21-14-20(15-26-23(21)30)18-8-11-25-12-9-18/h4-9,11-12,14-15,24H,3,10,13,16H2,1-2H3,(H,26,30)(H,27,29). The molecule has 1 aromatic carbocycles. The Morgan fingerprint density at radius 3 is 2.53 bits per heavy atom. The molecule has 0 aliphatic rings. The third-order valence-electron chi connectivity index (χ3n) is 4.80. The number of rotatable bonds is 9. The van der Waals surface area contributed by atoms with Gasteiger partial charge in [-0.2, -0.15) is 0 Å². The third-order valence-corrected chi connectivity index (χ3v) is 4.80. The summed E-state index contributed by atoms with van der Waals surface area (Å²) in [4.78, 5) is 33.7. The van der Waals surface area contributed by atoms with Gasteiger partial charge in [-0.1, -0.05) is 12.1 Å². The number of hydrogen-bond donors (Lipinski definition) is 3. The van der Waals surface area contributed by atoms with Crippen molar-refractivity contribution in [3.8, 4) is 11.1 Å². The Kier molecular flexibility index (Phi) is 7.48. The van der Waals surface area contributed by atoms with E-state index in [9.17, 15) is 9.59 Å². The summed E-state index contributed by atoms with van der Waals surface area (Å²) in [5.41, 5.74) is 3.20. The van der Waals surface area contributed by atoms with Crippen molar-refractivity contribution in [3.05, 3.63) is 82.5 Å². The van der Waals surface area contributed by atoms with Crippen LogP contribution in [0.3, 0.4) is 0 Å². The van der Waals surface area contributed by atoms with Gasteiger partial charge in [0.25, 0.3) is 11.5 Å². The Morgan fingerprint density at radius 1 is 1.10 bits per heavy atom. The van der Waals surface area contributed by atoms with Gasteiger partial charge in [0.1, 0.15) is 5.69 Å². The van der Waals surface area contributed by atoms with Crippen molar-refractivity contribution in [1.29, 1.82) is 0 Å². The summed E-state index contributed by atoms with van der Waals surface area (Å²) in [5.74, 6) is -0.318. The highest BCUT2D eigenvalue weighted by atomic mass is 16.2. The van der Waals surface area contributed by atoms with Crippen molar-refractivity contribution >= 4 is 11.6 Å². The number of aromatic amines is 1. The molecule has 0 saturated carbocycles. The maximum atomic E-state index is 12.6. The molecule has 156 valence electrons. The zero-order chi connectivity index (χ0) is 21.3. The van der Waals surface area contributed by atoms with Crippen molar-refractivity contribution < 1.29 is 4.79 Å². The number of H-pyrrole nitrogens is 1. The van der Waals surface area contributed by atoms with E-state index in [1.54, 1.807) is 36.8 Å². The summed E-state index contributed by atoms with van der Waals surface area (Å²) in [6.07, 6.45) is 6.06. The first-order chi connectivity index (χ1) is 14.6. The Balaban J connectivity index is 1.65. The molecule has 2 heterocycles. The van der Waals surface area contributed by atoms with Crippen molar-refractivity contribution in [2.75, 3.05) is 32.5 Å². The van der Waals surface area contributed by atoms with Crippen LogP contribution >= 0.6 is 0 Å². The predicted molar refractivity (Wildman–Crippen MR) is 120 cm³/mol. The predicted octanol–water partition coefficient (Wildman–Crippen LogP) is 2.73. The smallest absolute Gasteiger partial charge is 0.271 e. The lowest BCUT2D eigenvalue weighted by Gasteiger charge is -2.16. The lowest BCUT2D eigenvalue weighted by molar-refractivity contribution is 0.102. The zero-order valence-corrected chi connectivity index (χ0v) is 17.3. The second kappa shape index (κ2) is 10.5. The number of hydrogen-bond acceptors (Lipinski definition) is 5. The Labute approximate surface area is 176 Å². The van der Waals surface area contributed by atoms with Gasteiger partial charge < -0.3 is 20.5 Å². The van der Waals surface area contributed by atoms with E-state index in [-0.39, 0.29) is 17.2 Å². The minimum Gasteiger partial charge on any atom is -0.327 e. The molecule has 0 atom stereocenters. The van der Waals surface area contributed by atoms with Crippen LogP contribution in [0, 0.1) is 0 Å². The number of nitrogens with zero attached hydrogens (tertiary/aromatic N) is 2. The maximum absolute atomic E-state index is 12.6. The molecular weight excluding hydrogens is 378 g/mol. The molecule has 1 amide bonds. The molecule has 0 spiro atoms. The largest absolute Gasteiger partial charge is 0.327 e. The molecule has 0 unspecified atom stereocenters. The molecule has 3 rings (SSSR count). The van der Waals surface area contributed by atoms with Gasteiger partial charge in [0.05, 0.1) is 0 Å². The molecule has 3 N–H and O–H groups in total. The first-order valence-corrected chi connectivity index (χ1v) is 9.93. The molecule has 0 aliphatic heterocycles. The summed E-state index contributed by atoms with van der Waals surface area (Å²) >= 11 is 0. The summed E-state index contributed by atoms with van der Waals surface area (Å²) < 4.78 is 0. The minimum absolute atomic E-state index is 0.211. The van der Waals surface area contributed by atoms with Crippen molar-refractivity contribution in [1.82, 2.24) is 20.2 Å². The first kappa shape index (κ1) is 21.4. The molecular formula is C23H27N5O2. The maximum Gasteiger partial charge on any atom is 0.271 e. The molecule has 0 radical (unpaired) electrons. The van der Waals surface area contributed by atoms with Gasteiger partial charge in [0.15, 0.2) is 0 Å². The monoisotopic (exact) mass is 405 g/mol. The molecule has 0 saturated heterocycles. The average molecular weight is 406 g/mol. The van der Waals surface area contributed by atoms with Gasteiger partial charge in [0, 0.05) is 36.3 Å². The van der Waals surface area contributed by atoms with Gasteiger partial charge in [-0.15, -0.1) is 0 Å². The first-order valence-electron chi connectivity index (χ1n) is 9.93. The number of pyridine rings is 2. The quantitative estimate of drug-likeness (QED) is 0.476. The second-order valence-electron chi connectivity index (χ2n) is 7.21. The molecule has 30 heavy (non-hydrogen) atoms. The number of amides is 1. The summed E-state index contributed by atoms with van der Waals surface area (Å²) in [6, 6.07) is 12.8. The van der Waals surface area contributed by atoms with Crippen LogP contribution < -0.4 is 16.2 Å². The van der Waals surface area contributed by atoms with Crippen molar-refractivity contribution in [2.45, 2.75) is 13.0 Å². The third kappa shape index (κ3) is 5.85. The van der Waals surface area contributed by atoms with Crippen LogP contribution in [0.1, 0.15) is 22.3 Å². The SMILES string of the molecule is CNCCCN(C)Cc1ccc(C(=O)Nc2cc(-c3ccncc3)c[nH]c2=O)cc1. The van der Waals surface area contributed by atoms with Gasteiger partial charge in [-0.3, -0.25) is 14.6 Å². The van der Waals surface area contributed by atoms with Crippen LogP contribution in [0.5, 0.6) is 0 Å². The van der Waals surface area contributed by atoms with Crippen molar-refractivity contribution in [3.63, 3.8) is 0 Å². The minimum atomic E-state index is -0.346. The molecule has 2 aromatic heterocycles. The summed E-state index contributed by atoms with van der Waals surface area (Å²) in [7, 11) is 4.03. The number of carbonyl (C=O) groups excluding carboxylic acids is 1. The molecule has 0 bridgehead atoms. The fourth-order valence-corrected chi connectivity index (χ4v) is 3.16. The van der Waals surface area contributed by atoms with Crippen LogP contribution in [0.15, 0.2) is 65.8 Å². The average Bonchev–Trinajstić information content (AvgIpc) is 2.76. The Hall–Kier alpha value is -3.29. The van der Waals surface area contributed by atoms with Crippen LogP contribution in [0.2, 0.25) is 0 Å². The lowest BCUT2D eigenvalue weighted by Crippen LogP contribution is -2.22. The van der Waals surface area contributed by atoms with Gasteiger partial charge >= 0.3 is 0 Å². The molecule has 7 nitrogen and oxygen atoms in total. The number of carbonyl (C=O) groups is 1.